The third-order valence-electron chi connectivity index (χ3n) is 3.10. The summed E-state index contributed by atoms with van der Waals surface area (Å²) < 4.78 is 10.3. The van der Waals surface area contributed by atoms with Gasteiger partial charge in [0.25, 0.3) is 0 Å². The van der Waals surface area contributed by atoms with Crippen molar-refractivity contribution in [2.75, 3.05) is 27.3 Å². The Balaban J connectivity index is 2.75. The molecule has 0 saturated carbocycles. The number of hydrogen-bond acceptors (Lipinski definition) is 5. The van der Waals surface area contributed by atoms with Gasteiger partial charge in [0.1, 0.15) is 6.04 Å². The van der Waals surface area contributed by atoms with E-state index in [9.17, 15) is 9.59 Å². The Morgan fingerprint density at radius 3 is 2.44 bits per heavy atom. The van der Waals surface area contributed by atoms with Gasteiger partial charge in [-0.3, -0.25) is 14.5 Å². The molecule has 0 N–H and O–H groups in total. The van der Waals surface area contributed by atoms with Gasteiger partial charge in [-0.05, 0) is 12.8 Å². The Labute approximate surface area is 115 Å². The summed E-state index contributed by atoms with van der Waals surface area (Å²) in [5, 5.41) is 0. The molecule has 0 aliphatic carbocycles. The molecule has 0 spiro atoms. The molecule has 6 heteroatoms. The van der Waals surface area contributed by atoms with Crippen LogP contribution in [-0.2, 0) is 19.1 Å². The van der Waals surface area contributed by atoms with E-state index in [0.717, 1.165) is 4.48 Å². The maximum Gasteiger partial charge on any atom is 0.323 e. The number of esters is 2. The van der Waals surface area contributed by atoms with Gasteiger partial charge in [0.05, 0.1) is 20.1 Å². The van der Waals surface area contributed by atoms with E-state index in [4.69, 9.17) is 9.47 Å². The molecule has 0 bridgehead atoms. The lowest BCUT2D eigenvalue weighted by atomic mass is 9.91. The quantitative estimate of drug-likeness (QED) is 0.731. The molecule has 0 radical (unpaired) electrons. The zero-order chi connectivity index (χ0) is 13.7. The highest BCUT2D eigenvalue weighted by Gasteiger charge is 2.37. The van der Waals surface area contributed by atoms with Crippen molar-refractivity contribution < 1.29 is 19.1 Å². The highest BCUT2D eigenvalue weighted by molar-refractivity contribution is 9.11. The maximum absolute atomic E-state index is 11.8. The number of methoxy groups -OCH3 is 2. The molecule has 5 nitrogen and oxygen atoms in total. The van der Waals surface area contributed by atoms with Crippen LogP contribution in [0.15, 0.2) is 11.1 Å². The van der Waals surface area contributed by atoms with Gasteiger partial charge in [0, 0.05) is 17.6 Å². The lowest BCUT2D eigenvalue weighted by molar-refractivity contribution is -0.154. The summed E-state index contributed by atoms with van der Waals surface area (Å²) in [5.41, 5.74) is 0. The zero-order valence-corrected chi connectivity index (χ0v) is 12.2. The second-order valence-electron chi connectivity index (χ2n) is 4.27. The van der Waals surface area contributed by atoms with Crippen LogP contribution in [0.5, 0.6) is 0 Å². The minimum Gasteiger partial charge on any atom is -0.469 e. The Kier molecular flexibility index (Phi) is 5.81. The Morgan fingerprint density at radius 1 is 1.33 bits per heavy atom. The molecule has 1 rings (SSSR count). The largest absolute Gasteiger partial charge is 0.469 e. The van der Waals surface area contributed by atoms with Crippen molar-refractivity contribution in [3.63, 3.8) is 0 Å². The van der Waals surface area contributed by atoms with E-state index in [2.05, 4.69) is 22.5 Å². The van der Waals surface area contributed by atoms with Crippen LogP contribution in [0.4, 0.5) is 0 Å². The normalized spacial score (nSPS) is 24.4. The van der Waals surface area contributed by atoms with Crippen molar-refractivity contribution in [1.29, 1.82) is 0 Å². The maximum atomic E-state index is 11.8. The fourth-order valence-electron chi connectivity index (χ4n) is 2.19. The first-order valence-electron chi connectivity index (χ1n) is 5.72. The number of carbonyl (C=O) groups excluding carboxylic acids is 2. The monoisotopic (exact) mass is 319 g/mol. The zero-order valence-electron chi connectivity index (χ0n) is 10.6. The van der Waals surface area contributed by atoms with Crippen LogP contribution in [0, 0.1) is 5.92 Å². The van der Waals surface area contributed by atoms with E-state index >= 15 is 0 Å². The molecular formula is C12H18BrNO4. The molecule has 1 aliphatic heterocycles. The van der Waals surface area contributed by atoms with Crippen molar-refractivity contribution in [3.8, 4) is 0 Å². The van der Waals surface area contributed by atoms with E-state index in [-0.39, 0.29) is 17.9 Å². The molecule has 102 valence electrons. The van der Waals surface area contributed by atoms with Gasteiger partial charge in [0.15, 0.2) is 0 Å². The van der Waals surface area contributed by atoms with Crippen LogP contribution < -0.4 is 0 Å². The number of ether oxygens (including phenoxy) is 2. The lowest BCUT2D eigenvalue weighted by Gasteiger charge is -2.36. The molecule has 18 heavy (non-hydrogen) atoms. The molecule has 2 atom stereocenters. The summed E-state index contributed by atoms with van der Waals surface area (Å²) >= 11 is 3.29. The van der Waals surface area contributed by atoms with E-state index in [1.807, 2.05) is 4.90 Å². The minimum atomic E-state index is -0.415. The molecule has 0 amide bonds. The summed E-state index contributed by atoms with van der Waals surface area (Å²) in [5.74, 6) is -0.822. The van der Waals surface area contributed by atoms with Gasteiger partial charge < -0.3 is 9.47 Å². The second-order valence-corrected chi connectivity index (χ2v) is 5.39. The number of rotatable bonds is 4. The first kappa shape index (κ1) is 15.2. The minimum absolute atomic E-state index is 0.237. The molecular weight excluding hydrogens is 302 g/mol. The molecule has 0 unspecified atom stereocenters. The van der Waals surface area contributed by atoms with Crippen molar-refractivity contribution in [2.45, 2.75) is 18.9 Å². The van der Waals surface area contributed by atoms with Crippen LogP contribution in [0.25, 0.3) is 0 Å². The summed E-state index contributed by atoms with van der Waals surface area (Å²) in [6.07, 6.45) is 1.11. The van der Waals surface area contributed by atoms with Crippen LogP contribution in [0.3, 0.4) is 0 Å². The number of nitrogens with zero attached hydrogens (tertiary/aromatic N) is 1. The molecule has 0 aromatic heterocycles. The topological polar surface area (TPSA) is 55.8 Å². The van der Waals surface area contributed by atoms with Gasteiger partial charge in [0.2, 0.25) is 0 Å². The second kappa shape index (κ2) is 6.89. The summed E-state index contributed by atoms with van der Waals surface area (Å²) in [6.45, 7) is 4.98. The molecule has 0 aromatic rings. The Morgan fingerprint density at radius 2 is 1.94 bits per heavy atom. The average Bonchev–Trinajstić information content (AvgIpc) is 2.36. The predicted molar refractivity (Wildman–Crippen MR) is 70.2 cm³/mol. The number of halogens is 1. The van der Waals surface area contributed by atoms with Gasteiger partial charge in [-0.25, -0.2) is 0 Å². The summed E-state index contributed by atoms with van der Waals surface area (Å²) in [6, 6.07) is -0.415. The van der Waals surface area contributed by atoms with Crippen molar-refractivity contribution >= 4 is 27.9 Å². The van der Waals surface area contributed by atoms with Crippen molar-refractivity contribution in [3.05, 3.63) is 11.1 Å². The first-order chi connectivity index (χ1) is 8.49. The molecule has 1 heterocycles. The third-order valence-corrected chi connectivity index (χ3v) is 3.35. The van der Waals surface area contributed by atoms with Crippen LogP contribution in [0.1, 0.15) is 12.8 Å². The SMILES string of the molecule is C=C(Br)CN1CC[C@@H](C(=O)OC)C[C@@H]1C(=O)OC. The van der Waals surface area contributed by atoms with Crippen LogP contribution in [-0.4, -0.2) is 50.2 Å². The standard InChI is InChI=1S/C12H18BrNO4/c1-8(13)7-14-5-4-9(11(15)17-2)6-10(14)12(16)18-3/h9-10H,1,4-7H2,2-3H3/t9-,10-/m1/s1. The highest BCUT2D eigenvalue weighted by Crippen LogP contribution is 2.26. The predicted octanol–water partition coefficient (Wildman–Crippen LogP) is 1.32. The Bertz CT molecular complexity index is 345. The van der Waals surface area contributed by atoms with Gasteiger partial charge in [-0.1, -0.05) is 22.5 Å². The smallest absolute Gasteiger partial charge is 0.323 e. The highest BCUT2D eigenvalue weighted by atomic mass is 79.9. The van der Waals surface area contributed by atoms with E-state index in [0.29, 0.717) is 25.9 Å². The fourth-order valence-corrected chi connectivity index (χ4v) is 2.51. The molecule has 1 saturated heterocycles. The van der Waals surface area contributed by atoms with Crippen molar-refractivity contribution in [1.82, 2.24) is 4.90 Å². The van der Waals surface area contributed by atoms with Gasteiger partial charge in [-0.15, -0.1) is 0 Å². The van der Waals surface area contributed by atoms with Gasteiger partial charge in [-0.2, -0.15) is 0 Å². The summed E-state index contributed by atoms with van der Waals surface area (Å²) in [4.78, 5) is 25.2. The number of carbonyl (C=O) groups is 2. The lowest BCUT2D eigenvalue weighted by Crippen LogP contribution is -2.49. The van der Waals surface area contributed by atoms with Crippen LogP contribution >= 0.6 is 15.9 Å². The first-order valence-corrected chi connectivity index (χ1v) is 6.51. The van der Waals surface area contributed by atoms with Crippen LogP contribution in [0.2, 0.25) is 0 Å². The Hall–Kier alpha value is -0.880. The van der Waals surface area contributed by atoms with Gasteiger partial charge >= 0.3 is 11.9 Å². The summed E-state index contributed by atoms with van der Waals surface area (Å²) in [7, 11) is 2.72. The number of hydrogen-bond donors (Lipinski definition) is 0. The molecule has 1 fully saturated rings. The molecule has 1 aliphatic rings. The fraction of sp³-hybridized carbons (Fsp3) is 0.667. The van der Waals surface area contributed by atoms with E-state index in [1.165, 1.54) is 14.2 Å². The van der Waals surface area contributed by atoms with E-state index < -0.39 is 6.04 Å². The van der Waals surface area contributed by atoms with Crippen molar-refractivity contribution in [2.24, 2.45) is 5.92 Å². The molecule has 0 aromatic carbocycles. The number of likely N-dealkylation sites (tertiary alicyclic amines) is 1. The number of piperidine rings is 1. The third kappa shape index (κ3) is 3.81. The van der Waals surface area contributed by atoms with E-state index in [1.54, 1.807) is 0 Å². The average molecular weight is 320 g/mol.